The predicted molar refractivity (Wildman–Crippen MR) is 87.5 cm³/mol. The topological polar surface area (TPSA) is 78.4 Å². The smallest absolute Gasteiger partial charge is 0.315 e. The van der Waals surface area contributed by atoms with E-state index in [0.717, 1.165) is 6.42 Å². The zero-order chi connectivity index (χ0) is 17.2. The van der Waals surface area contributed by atoms with E-state index in [9.17, 15) is 9.59 Å². The van der Waals surface area contributed by atoms with Crippen LogP contribution in [0.2, 0.25) is 0 Å². The molecule has 1 saturated carbocycles. The van der Waals surface area contributed by atoms with Crippen LogP contribution in [-0.4, -0.2) is 21.9 Å². The summed E-state index contributed by atoms with van der Waals surface area (Å²) < 4.78 is 10.9. The molecule has 4 unspecified atom stereocenters. The predicted octanol–water partition coefficient (Wildman–Crippen LogP) is 2.43. The van der Waals surface area contributed by atoms with E-state index in [1.54, 1.807) is 49.1 Å². The number of aromatic nitrogens is 2. The van der Waals surface area contributed by atoms with Crippen LogP contribution in [0.25, 0.3) is 0 Å². The van der Waals surface area contributed by atoms with Gasteiger partial charge >= 0.3 is 11.9 Å². The molecular weight excluding hydrogens is 320 g/mol. The average Bonchev–Trinajstić information content (AvgIpc) is 3.24. The summed E-state index contributed by atoms with van der Waals surface area (Å²) in [5.41, 5.74) is 0. The average molecular weight is 336 g/mol. The lowest BCUT2D eigenvalue weighted by Crippen LogP contribution is -2.37. The molecule has 4 atom stereocenters. The van der Waals surface area contributed by atoms with Crippen molar-refractivity contribution in [2.75, 3.05) is 0 Å². The van der Waals surface area contributed by atoms with Gasteiger partial charge in [-0.25, -0.2) is 0 Å². The Kier molecular flexibility index (Phi) is 4.01. The summed E-state index contributed by atoms with van der Waals surface area (Å²) >= 11 is 0. The molecule has 0 spiro atoms. The maximum atomic E-state index is 12.7. The van der Waals surface area contributed by atoms with E-state index in [4.69, 9.17) is 9.47 Å². The molecule has 2 aliphatic carbocycles. The molecule has 25 heavy (non-hydrogen) atoms. The number of rotatable bonds is 4. The molecule has 2 aliphatic rings. The number of hydrogen-bond acceptors (Lipinski definition) is 6. The van der Waals surface area contributed by atoms with Crippen molar-refractivity contribution in [3.63, 3.8) is 0 Å². The minimum absolute atomic E-state index is 0.00864. The Balaban J connectivity index is 1.52. The Labute approximate surface area is 144 Å². The Bertz CT molecular complexity index is 739. The van der Waals surface area contributed by atoms with Gasteiger partial charge in [0.05, 0.1) is 11.8 Å². The van der Waals surface area contributed by atoms with Crippen molar-refractivity contribution in [3.05, 3.63) is 61.2 Å². The van der Waals surface area contributed by atoms with Gasteiger partial charge in [-0.2, -0.15) is 0 Å². The highest BCUT2D eigenvalue weighted by molar-refractivity contribution is 5.86. The summed E-state index contributed by atoms with van der Waals surface area (Å²) in [6.07, 6.45) is 11.0. The number of esters is 2. The van der Waals surface area contributed by atoms with Crippen LogP contribution < -0.4 is 9.47 Å². The second-order valence-electron chi connectivity index (χ2n) is 6.21. The standard InChI is InChI=1S/C19H16N2O4/c22-18(24-14-3-7-20-8-4-14)16-12-1-2-13(11-12)17(16)19(23)25-15-5-9-21-10-6-15/h1-10,12-13,16-17H,11H2. The molecule has 2 aromatic rings. The van der Waals surface area contributed by atoms with Crippen molar-refractivity contribution in [2.24, 2.45) is 23.7 Å². The summed E-state index contributed by atoms with van der Waals surface area (Å²) in [5, 5.41) is 0. The van der Waals surface area contributed by atoms with Gasteiger partial charge in [0.25, 0.3) is 0 Å². The molecule has 4 rings (SSSR count). The van der Waals surface area contributed by atoms with Crippen molar-refractivity contribution < 1.29 is 19.1 Å². The molecule has 0 aliphatic heterocycles. The van der Waals surface area contributed by atoms with Gasteiger partial charge in [-0.1, -0.05) is 12.2 Å². The number of carbonyl (C=O) groups is 2. The minimum atomic E-state index is -0.530. The quantitative estimate of drug-likeness (QED) is 0.630. The second kappa shape index (κ2) is 6.47. The van der Waals surface area contributed by atoms with Gasteiger partial charge in [0.1, 0.15) is 11.5 Å². The minimum Gasteiger partial charge on any atom is -0.426 e. The SMILES string of the molecule is O=C(Oc1ccncc1)C1C2C=CC(C2)C1C(=O)Oc1ccncc1. The normalized spacial score (nSPS) is 26.4. The molecule has 6 nitrogen and oxygen atoms in total. The van der Waals surface area contributed by atoms with Gasteiger partial charge in [0.2, 0.25) is 0 Å². The van der Waals surface area contributed by atoms with Crippen LogP contribution in [0.5, 0.6) is 11.5 Å². The van der Waals surface area contributed by atoms with Crippen LogP contribution in [0.1, 0.15) is 6.42 Å². The molecular formula is C19H16N2O4. The first-order valence-electron chi connectivity index (χ1n) is 8.14. The van der Waals surface area contributed by atoms with Gasteiger partial charge in [-0.05, 0) is 42.5 Å². The number of carbonyl (C=O) groups excluding carboxylic acids is 2. The zero-order valence-electron chi connectivity index (χ0n) is 13.3. The van der Waals surface area contributed by atoms with Crippen molar-refractivity contribution in [3.8, 4) is 11.5 Å². The van der Waals surface area contributed by atoms with Gasteiger partial charge in [-0.15, -0.1) is 0 Å². The fraction of sp³-hybridized carbons (Fsp3) is 0.263. The maximum Gasteiger partial charge on any atom is 0.315 e. The lowest BCUT2D eigenvalue weighted by molar-refractivity contribution is -0.151. The Morgan fingerprint density at radius 3 is 1.56 bits per heavy atom. The monoisotopic (exact) mass is 336 g/mol. The number of ether oxygens (including phenoxy) is 2. The maximum absolute atomic E-state index is 12.7. The first kappa shape index (κ1) is 15.5. The van der Waals surface area contributed by atoms with Crippen molar-refractivity contribution in [1.29, 1.82) is 0 Å². The lowest BCUT2D eigenvalue weighted by atomic mass is 9.83. The Hall–Kier alpha value is -3.02. The number of hydrogen-bond donors (Lipinski definition) is 0. The molecule has 0 amide bonds. The van der Waals surface area contributed by atoms with E-state index in [1.807, 2.05) is 12.2 Å². The zero-order valence-corrected chi connectivity index (χ0v) is 13.3. The summed E-state index contributed by atoms with van der Waals surface area (Å²) in [7, 11) is 0. The molecule has 0 saturated heterocycles. The first-order chi connectivity index (χ1) is 12.2. The second-order valence-corrected chi connectivity index (χ2v) is 6.21. The molecule has 0 N–H and O–H groups in total. The van der Waals surface area contributed by atoms with Crippen LogP contribution in [0.3, 0.4) is 0 Å². The van der Waals surface area contributed by atoms with E-state index in [2.05, 4.69) is 9.97 Å². The number of fused-ring (bicyclic) bond motifs is 2. The van der Waals surface area contributed by atoms with Crippen LogP contribution in [0, 0.1) is 23.7 Å². The molecule has 0 aromatic carbocycles. The molecule has 0 radical (unpaired) electrons. The third-order valence-corrected chi connectivity index (χ3v) is 4.74. The van der Waals surface area contributed by atoms with Crippen molar-refractivity contribution >= 4 is 11.9 Å². The van der Waals surface area contributed by atoms with E-state index >= 15 is 0 Å². The number of allylic oxidation sites excluding steroid dienone is 2. The highest BCUT2D eigenvalue weighted by Crippen LogP contribution is 2.49. The van der Waals surface area contributed by atoms with E-state index in [0.29, 0.717) is 11.5 Å². The third kappa shape index (κ3) is 3.03. The lowest BCUT2D eigenvalue weighted by Gasteiger charge is -2.24. The fourth-order valence-corrected chi connectivity index (χ4v) is 3.65. The number of nitrogens with zero attached hydrogens (tertiary/aromatic N) is 2. The van der Waals surface area contributed by atoms with Gasteiger partial charge in [0, 0.05) is 24.8 Å². The summed E-state index contributed by atoms with van der Waals surface area (Å²) in [5.74, 6) is -1.00. The van der Waals surface area contributed by atoms with E-state index < -0.39 is 23.8 Å². The molecule has 126 valence electrons. The van der Waals surface area contributed by atoms with Gasteiger partial charge < -0.3 is 9.47 Å². The van der Waals surface area contributed by atoms with Gasteiger partial charge in [-0.3, -0.25) is 19.6 Å². The summed E-state index contributed by atoms with van der Waals surface area (Å²) in [6, 6.07) is 6.47. The molecule has 2 aromatic heterocycles. The van der Waals surface area contributed by atoms with Crippen LogP contribution >= 0.6 is 0 Å². The van der Waals surface area contributed by atoms with Crippen LogP contribution in [0.4, 0.5) is 0 Å². The molecule has 6 heteroatoms. The molecule has 1 fully saturated rings. The molecule has 2 heterocycles. The van der Waals surface area contributed by atoms with Crippen LogP contribution in [0.15, 0.2) is 61.2 Å². The largest absolute Gasteiger partial charge is 0.426 e. The number of pyridine rings is 2. The van der Waals surface area contributed by atoms with E-state index in [-0.39, 0.29) is 11.8 Å². The van der Waals surface area contributed by atoms with Gasteiger partial charge in [0.15, 0.2) is 0 Å². The summed E-state index contributed by atoms with van der Waals surface area (Å²) in [6.45, 7) is 0. The highest BCUT2D eigenvalue weighted by atomic mass is 16.5. The fourth-order valence-electron chi connectivity index (χ4n) is 3.65. The Morgan fingerprint density at radius 2 is 1.16 bits per heavy atom. The van der Waals surface area contributed by atoms with Crippen LogP contribution in [-0.2, 0) is 9.59 Å². The third-order valence-electron chi connectivity index (χ3n) is 4.74. The summed E-state index contributed by atoms with van der Waals surface area (Å²) in [4.78, 5) is 33.1. The van der Waals surface area contributed by atoms with E-state index in [1.165, 1.54) is 0 Å². The Morgan fingerprint density at radius 1 is 0.760 bits per heavy atom. The van der Waals surface area contributed by atoms with Crippen molar-refractivity contribution in [2.45, 2.75) is 6.42 Å². The van der Waals surface area contributed by atoms with Crippen molar-refractivity contribution in [1.82, 2.24) is 9.97 Å². The molecule has 2 bridgehead atoms. The first-order valence-corrected chi connectivity index (χ1v) is 8.14. The highest BCUT2D eigenvalue weighted by Gasteiger charge is 2.53.